The van der Waals surface area contributed by atoms with Crippen LogP contribution in [0.5, 0.6) is 0 Å². The van der Waals surface area contributed by atoms with E-state index in [0.717, 1.165) is 10.5 Å². The number of esters is 1. The van der Waals surface area contributed by atoms with Gasteiger partial charge in [0.2, 0.25) is 11.8 Å². The van der Waals surface area contributed by atoms with Crippen molar-refractivity contribution >= 4 is 51.7 Å². The number of thiazole rings is 1. The monoisotopic (exact) mass is 469 g/mol. The zero-order chi connectivity index (χ0) is 22.8. The lowest BCUT2D eigenvalue weighted by Gasteiger charge is -2.07. The van der Waals surface area contributed by atoms with Crippen molar-refractivity contribution in [1.29, 1.82) is 0 Å². The number of nitrogens with zero attached hydrogens (tertiary/aromatic N) is 1. The van der Waals surface area contributed by atoms with E-state index < -0.39 is 0 Å². The summed E-state index contributed by atoms with van der Waals surface area (Å²) in [5, 5.41) is 7.79. The minimum Gasteiger partial charge on any atom is -0.466 e. The van der Waals surface area contributed by atoms with Gasteiger partial charge in [-0.05, 0) is 36.8 Å². The van der Waals surface area contributed by atoms with Crippen molar-refractivity contribution in [3.8, 4) is 0 Å². The summed E-state index contributed by atoms with van der Waals surface area (Å²) in [4.78, 5) is 41.0. The lowest BCUT2D eigenvalue weighted by atomic mass is 10.1. The Labute approximate surface area is 194 Å². The normalized spacial score (nSPS) is 10.4. The molecule has 0 unspecified atom stereocenters. The van der Waals surface area contributed by atoms with E-state index in [0.29, 0.717) is 29.5 Å². The van der Waals surface area contributed by atoms with Gasteiger partial charge in [0.1, 0.15) is 0 Å². The Kier molecular flexibility index (Phi) is 8.82. The van der Waals surface area contributed by atoms with Crippen molar-refractivity contribution in [2.24, 2.45) is 0 Å². The van der Waals surface area contributed by atoms with Crippen molar-refractivity contribution in [3.05, 3.63) is 71.2 Å². The summed E-state index contributed by atoms with van der Waals surface area (Å²) in [5.41, 5.74) is 2.23. The van der Waals surface area contributed by atoms with Gasteiger partial charge in [0.25, 0.3) is 0 Å². The predicted molar refractivity (Wildman–Crippen MR) is 127 cm³/mol. The molecule has 3 rings (SSSR count). The molecule has 0 atom stereocenters. The highest BCUT2D eigenvalue weighted by atomic mass is 32.2. The molecule has 32 heavy (non-hydrogen) atoms. The molecule has 0 spiro atoms. The van der Waals surface area contributed by atoms with Crippen LogP contribution in [0, 0.1) is 0 Å². The Bertz CT molecular complexity index is 1050. The summed E-state index contributed by atoms with van der Waals surface area (Å²) in [6.45, 7) is 2.07. The average molecular weight is 470 g/mol. The van der Waals surface area contributed by atoms with Crippen molar-refractivity contribution in [3.63, 3.8) is 0 Å². The molecule has 0 saturated carbocycles. The van der Waals surface area contributed by atoms with Crippen LogP contribution in [0.25, 0.3) is 0 Å². The van der Waals surface area contributed by atoms with Crippen LogP contribution in [-0.4, -0.2) is 35.1 Å². The van der Waals surface area contributed by atoms with E-state index in [9.17, 15) is 14.4 Å². The van der Waals surface area contributed by atoms with Gasteiger partial charge in [0.05, 0.1) is 30.9 Å². The van der Waals surface area contributed by atoms with Crippen LogP contribution in [0.15, 0.2) is 64.9 Å². The van der Waals surface area contributed by atoms with Crippen molar-refractivity contribution in [1.82, 2.24) is 4.98 Å². The van der Waals surface area contributed by atoms with Gasteiger partial charge in [-0.15, -0.1) is 23.1 Å². The van der Waals surface area contributed by atoms with Crippen LogP contribution in [0.2, 0.25) is 0 Å². The molecule has 3 aromatic rings. The highest BCUT2D eigenvalue weighted by Crippen LogP contribution is 2.22. The van der Waals surface area contributed by atoms with E-state index in [2.05, 4.69) is 15.6 Å². The fraction of sp³-hybridized carbons (Fsp3) is 0.217. The molecule has 9 heteroatoms. The van der Waals surface area contributed by atoms with Gasteiger partial charge in [0.15, 0.2) is 5.13 Å². The number of carbonyl (C=O) groups is 3. The van der Waals surface area contributed by atoms with Crippen molar-refractivity contribution in [2.45, 2.75) is 24.7 Å². The molecular formula is C23H23N3O4S2. The van der Waals surface area contributed by atoms with Gasteiger partial charge in [-0.25, -0.2) is 4.98 Å². The number of nitrogens with one attached hydrogen (secondary N) is 2. The number of ether oxygens (including phenoxy) is 1. The molecule has 0 radical (unpaired) electrons. The highest BCUT2D eigenvalue weighted by Gasteiger charge is 2.11. The highest BCUT2D eigenvalue weighted by molar-refractivity contribution is 8.00. The van der Waals surface area contributed by atoms with Crippen LogP contribution < -0.4 is 10.6 Å². The second-order valence-corrected chi connectivity index (χ2v) is 8.60. The number of rotatable bonds is 10. The third-order valence-electron chi connectivity index (χ3n) is 4.14. The van der Waals surface area contributed by atoms with E-state index >= 15 is 0 Å². The molecule has 2 N–H and O–H groups in total. The Hall–Kier alpha value is -3.17. The Balaban J connectivity index is 1.42. The first-order chi connectivity index (χ1) is 15.5. The van der Waals surface area contributed by atoms with E-state index in [-0.39, 0.29) is 30.0 Å². The molecule has 0 bridgehead atoms. The average Bonchev–Trinajstić information content (AvgIpc) is 3.20. The van der Waals surface area contributed by atoms with Crippen LogP contribution in [0.1, 0.15) is 18.2 Å². The van der Waals surface area contributed by atoms with Gasteiger partial charge in [-0.2, -0.15) is 0 Å². The van der Waals surface area contributed by atoms with Crippen LogP contribution in [0.4, 0.5) is 10.8 Å². The van der Waals surface area contributed by atoms with E-state index in [4.69, 9.17) is 4.74 Å². The first kappa shape index (κ1) is 23.5. The summed E-state index contributed by atoms with van der Waals surface area (Å²) in [6, 6.07) is 16.9. The second kappa shape index (κ2) is 12.0. The number of amides is 2. The third kappa shape index (κ3) is 7.82. The molecule has 2 amide bonds. The maximum absolute atomic E-state index is 12.2. The largest absolute Gasteiger partial charge is 0.466 e. The van der Waals surface area contributed by atoms with Gasteiger partial charge >= 0.3 is 5.97 Å². The minimum atomic E-state index is -0.342. The molecule has 0 saturated heterocycles. The van der Waals surface area contributed by atoms with Gasteiger partial charge in [0, 0.05) is 16.0 Å². The molecule has 166 valence electrons. The molecule has 1 aromatic heterocycles. The molecular weight excluding hydrogens is 446 g/mol. The quantitative estimate of drug-likeness (QED) is 0.342. The van der Waals surface area contributed by atoms with E-state index in [1.165, 1.54) is 23.1 Å². The number of hydrogen-bond acceptors (Lipinski definition) is 7. The van der Waals surface area contributed by atoms with Gasteiger partial charge in [-0.1, -0.05) is 30.3 Å². The number of hydrogen-bond donors (Lipinski definition) is 2. The van der Waals surface area contributed by atoms with Crippen LogP contribution in [-0.2, 0) is 32.0 Å². The third-order valence-corrected chi connectivity index (χ3v) is 5.96. The second-order valence-electron chi connectivity index (χ2n) is 6.70. The molecule has 0 aliphatic rings. The summed E-state index contributed by atoms with van der Waals surface area (Å²) in [5.74, 6) is -0.396. The SMILES string of the molecule is CCOC(=O)Cc1csc(NC(=O)CSc2ccc(NC(=O)Cc3ccccc3)cc2)n1. The fourth-order valence-electron chi connectivity index (χ4n) is 2.73. The first-order valence-corrected chi connectivity index (χ1v) is 11.8. The van der Waals surface area contributed by atoms with E-state index in [1.807, 2.05) is 54.6 Å². The summed E-state index contributed by atoms with van der Waals surface area (Å²) < 4.78 is 4.89. The summed E-state index contributed by atoms with van der Waals surface area (Å²) in [7, 11) is 0. The number of benzene rings is 2. The van der Waals surface area contributed by atoms with Gasteiger partial charge in [-0.3, -0.25) is 14.4 Å². The van der Waals surface area contributed by atoms with Crippen molar-refractivity contribution in [2.75, 3.05) is 23.0 Å². The molecule has 7 nitrogen and oxygen atoms in total. The topological polar surface area (TPSA) is 97.4 Å². The lowest BCUT2D eigenvalue weighted by Crippen LogP contribution is -2.14. The maximum atomic E-state index is 12.2. The molecule has 0 aliphatic carbocycles. The molecule has 0 aliphatic heterocycles. The molecule has 0 fully saturated rings. The smallest absolute Gasteiger partial charge is 0.311 e. The Morgan fingerprint density at radius 2 is 1.72 bits per heavy atom. The minimum absolute atomic E-state index is 0.0817. The Morgan fingerprint density at radius 1 is 0.969 bits per heavy atom. The number of thioether (sulfide) groups is 1. The zero-order valence-corrected chi connectivity index (χ0v) is 19.1. The molecule has 1 heterocycles. The first-order valence-electron chi connectivity index (χ1n) is 9.98. The van der Waals surface area contributed by atoms with Crippen LogP contribution >= 0.6 is 23.1 Å². The Morgan fingerprint density at radius 3 is 2.44 bits per heavy atom. The van der Waals surface area contributed by atoms with Crippen LogP contribution in [0.3, 0.4) is 0 Å². The fourth-order valence-corrected chi connectivity index (χ4v) is 4.16. The molecule has 2 aromatic carbocycles. The summed E-state index contributed by atoms with van der Waals surface area (Å²) >= 11 is 2.65. The summed E-state index contributed by atoms with van der Waals surface area (Å²) in [6.07, 6.45) is 0.402. The number of aromatic nitrogens is 1. The standard InChI is InChI=1S/C23H23N3O4S2/c1-2-30-22(29)13-18-14-32-23(25-18)26-21(28)15-31-19-10-8-17(9-11-19)24-20(27)12-16-6-4-3-5-7-16/h3-11,14H,2,12-13,15H2,1H3,(H,24,27)(H,25,26,28). The maximum Gasteiger partial charge on any atom is 0.311 e. The zero-order valence-electron chi connectivity index (χ0n) is 17.5. The van der Waals surface area contributed by atoms with Crippen molar-refractivity contribution < 1.29 is 19.1 Å². The number of anilines is 2. The van der Waals surface area contributed by atoms with Gasteiger partial charge < -0.3 is 15.4 Å². The predicted octanol–water partition coefficient (Wildman–Crippen LogP) is 4.16. The number of carbonyl (C=O) groups excluding carboxylic acids is 3. The van der Waals surface area contributed by atoms with E-state index in [1.54, 1.807) is 12.3 Å². The lowest BCUT2D eigenvalue weighted by molar-refractivity contribution is -0.142.